The van der Waals surface area contributed by atoms with Gasteiger partial charge in [-0.2, -0.15) is 0 Å². The second-order valence-electron chi connectivity index (χ2n) is 17.1. The Labute approximate surface area is 278 Å². The molecule has 2 heterocycles. The first-order valence-electron chi connectivity index (χ1n) is 17.6. The zero-order valence-corrected chi connectivity index (χ0v) is 29.0. The van der Waals surface area contributed by atoms with Crippen molar-refractivity contribution in [3.05, 3.63) is 47.0 Å². The van der Waals surface area contributed by atoms with Gasteiger partial charge in [-0.1, -0.05) is 33.8 Å². The Morgan fingerprint density at radius 2 is 1.85 bits per heavy atom. The highest BCUT2D eigenvalue weighted by Crippen LogP contribution is 2.79. The highest BCUT2D eigenvalue weighted by molar-refractivity contribution is 5.98. The number of likely N-dealkylation sites (tertiary alicyclic amines) is 1. The number of ketones is 1. The van der Waals surface area contributed by atoms with Gasteiger partial charge >= 0.3 is 6.09 Å². The van der Waals surface area contributed by atoms with Gasteiger partial charge in [0.2, 0.25) is 0 Å². The van der Waals surface area contributed by atoms with Crippen molar-refractivity contribution in [1.82, 2.24) is 4.90 Å². The first-order valence-corrected chi connectivity index (χ1v) is 17.6. The molecule has 0 radical (unpaired) electrons. The van der Waals surface area contributed by atoms with Crippen molar-refractivity contribution in [2.24, 2.45) is 28.1 Å². The smallest absolute Gasteiger partial charge is 0.417 e. The summed E-state index contributed by atoms with van der Waals surface area (Å²) in [4.78, 5) is 28.2. The number of ether oxygens (including phenoxy) is 3. The van der Waals surface area contributed by atoms with E-state index in [1.165, 1.54) is 44.5 Å². The lowest BCUT2D eigenvalue weighted by molar-refractivity contribution is -0.276. The minimum Gasteiger partial charge on any atom is -0.496 e. The topological polar surface area (TPSA) is 97.3 Å². The largest absolute Gasteiger partial charge is 0.496 e. The van der Waals surface area contributed by atoms with Gasteiger partial charge in [-0.15, -0.1) is 0 Å². The third-order valence-electron chi connectivity index (χ3n) is 14.0. The summed E-state index contributed by atoms with van der Waals surface area (Å²) in [5.41, 5.74) is 1.89. The number of nitrogens with one attached hydrogen (secondary N) is 1. The summed E-state index contributed by atoms with van der Waals surface area (Å²) in [6.45, 7) is 14.7. The van der Waals surface area contributed by atoms with Gasteiger partial charge in [-0.25, -0.2) is 4.79 Å². The molecule has 1 saturated heterocycles. The number of benzene rings is 2. The van der Waals surface area contributed by atoms with E-state index in [1.807, 2.05) is 6.07 Å². The van der Waals surface area contributed by atoms with Crippen LogP contribution in [0.5, 0.6) is 17.2 Å². The Morgan fingerprint density at radius 1 is 1.09 bits per heavy atom. The number of carbonyl (C=O) groups excluding carboxylic acids is 2. The lowest BCUT2D eigenvalue weighted by atomic mass is 9.31. The molecule has 9 rings (SSSR count). The van der Waals surface area contributed by atoms with Crippen LogP contribution in [0.4, 0.5) is 10.5 Å². The van der Waals surface area contributed by atoms with E-state index in [4.69, 9.17) is 14.2 Å². The minimum absolute atomic E-state index is 0.0172. The molecule has 5 aliphatic carbocycles. The molecule has 8 heteroatoms. The van der Waals surface area contributed by atoms with Crippen LogP contribution in [0.3, 0.4) is 0 Å². The zero-order chi connectivity index (χ0) is 33.3. The number of aliphatic hydroxyl groups is 1. The van der Waals surface area contributed by atoms with Crippen LogP contribution in [0.2, 0.25) is 0 Å². The summed E-state index contributed by atoms with van der Waals surface area (Å²) in [6, 6.07) is 9.45. The van der Waals surface area contributed by atoms with Crippen LogP contribution >= 0.6 is 0 Å². The molecule has 47 heavy (non-hydrogen) atoms. The Kier molecular flexibility index (Phi) is 6.62. The van der Waals surface area contributed by atoms with E-state index < -0.39 is 11.7 Å². The van der Waals surface area contributed by atoms with Crippen molar-refractivity contribution in [3.63, 3.8) is 0 Å². The SMILES string of the molecule is COc1cc(NC(=O)Oc2ccc3c4c2O[C@H]2[C@]5(C)CC[C@@]6(C[C@@H]5[C@@](C)(O)C(C)(C)C)[C@@H](C3)N(CC3CC3)CC[C@]426)ccc1C(C)=O. The fourth-order valence-corrected chi connectivity index (χ4v) is 11.1. The summed E-state index contributed by atoms with van der Waals surface area (Å²) in [5, 5.41) is 15.3. The predicted molar refractivity (Wildman–Crippen MR) is 180 cm³/mol. The van der Waals surface area contributed by atoms with E-state index in [-0.39, 0.29) is 39.5 Å². The number of fused-ring (bicyclic) bond motifs is 2. The number of hydrogen-bond donors (Lipinski definition) is 2. The van der Waals surface area contributed by atoms with Gasteiger partial charge in [0.25, 0.3) is 0 Å². The first kappa shape index (κ1) is 31.2. The van der Waals surface area contributed by atoms with Crippen LogP contribution in [0.25, 0.3) is 0 Å². The van der Waals surface area contributed by atoms with Crippen molar-refractivity contribution in [3.8, 4) is 17.2 Å². The molecule has 2 aliphatic heterocycles. The van der Waals surface area contributed by atoms with E-state index in [1.54, 1.807) is 18.2 Å². The van der Waals surface area contributed by atoms with Crippen LogP contribution in [0, 0.1) is 28.1 Å². The van der Waals surface area contributed by atoms with Crippen molar-refractivity contribution in [2.45, 2.75) is 110 Å². The average molecular weight is 643 g/mol. The highest BCUT2D eigenvalue weighted by Gasteiger charge is 2.80. The molecule has 8 nitrogen and oxygen atoms in total. The molecule has 0 aromatic heterocycles. The molecule has 2 N–H and O–H groups in total. The molecule has 2 spiro atoms. The van der Waals surface area contributed by atoms with Gasteiger partial charge in [-0.3, -0.25) is 15.0 Å². The van der Waals surface area contributed by atoms with Gasteiger partial charge in [0.05, 0.1) is 18.3 Å². The molecule has 4 bridgehead atoms. The standard InChI is InChI=1S/C39H50N2O6/c1-22(42)26-12-11-25(19-28(26)45-7)40-34(43)46-27-13-10-24-18-30-38-15-14-36(5,29(20-38)37(6,44)35(2,3)4)33-39(38,31(24)32(27)47-33)16-17-41(30)21-23-8-9-23/h10-13,19,23,29-30,33,44H,8-9,14-18,20-21H2,1-7H3,(H,40,43)/t29-,30+,33-,36+,37+,38+,39-/m0/s1. The third kappa shape index (κ3) is 4.12. The number of hydrogen-bond acceptors (Lipinski definition) is 7. The maximum Gasteiger partial charge on any atom is 0.417 e. The zero-order valence-electron chi connectivity index (χ0n) is 29.0. The maximum atomic E-state index is 13.4. The number of nitrogens with zero attached hydrogens (tertiary/aromatic N) is 1. The Morgan fingerprint density at radius 3 is 2.53 bits per heavy atom. The molecule has 2 aromatic carbocycles. The maximum absolute atomic E-state index is 13.4. The van der Waals surface area contributed by atoms with E-state index in [0.29, 0.717) is 28.8 Å². The van der Waals surface area contributed by atoms with Crippen LogP contribution < -0.4 is 19.5 Å². The molecular weight excluding hydrogens is 592 g/mol. The van der Waals surface area contributed by atoms with Gasteiger partial charge in [0, 0.05) is 46.1 Å². The Hall–Kier alpha value is -3.10. The summed E-state index contributed by atoms with van der Waals surface area (Å²) in [7, 11) is 1.50. The van der Waals surface area contributed by atoms with Crippen LogP contribution in [0.1, 0.15) is 102 Å². The van der Waals surface area contributed by atoms with Crippen LogP contribution in [-0.4, -0.2) is 59.8 Å². The normalized spacial score (nSPS) is 34.6. The molecule has 4 saturated carbocycles. The Balaban J connectivity index is 1.19. The highest BCUT2D eigenvalue weighted by atomic mass is 16.6. The Bertz CT molecular complexity index is 1670. The molecule has 0 unspecified atom stereocenters. The van der Waals surface area contributed by atoms with Gasteiger partial charge in [0.15, 0.2) is 17.3 Å². The number of piperidine rings is 1. The van der Waals surface area contributed by atoms with Crippen molar-refractivity contribution >= 4 is 17.6 Å². The summed E-state index contributed by atoms with van der Waals surface area (Å²) in [5.74, 6) is 2.32. The minimum atomic E-state index is -0.886. The molecule has 5 fully saturated rings. The third-order valence-corrected chi connectivity index (χ3v) is 14.0. The van der Waals surface area contributed by atoms with Gasteiger partial charge in [-0.05, 0) is 106 Å². The van der Waals surface area contributed by atoms with E-state index >= 15 is 0 Å². The van der Waals surface area contributed by atoms with Crippen molar-refractivity contribution in [1.29, 1.82) is 0 Å². The number of anilines is 1. The van der Waals surface area contributed by atoms with Gasteiger partial charge < -0.3 is 19.3 Å². The number of methoxy groups -OCH3 is 1. The van der Waals surface area contributed by atoms with Crippen LogP contribution in [-0.2, 0) is 11.8 Å². The summed E-state index contributed by atoms with van der Waals surface area (Å²) >= 11 is 0. The second kappa shape index (κ2) is 9.97. The number of Topliss-reactive ketones (excluding diaryl/α,β-unsaturated/α-hetero) is 1. The molecular formula is C39H50N2O6. The molecule has 2 aromatic rings. The fourth-order valence-electron chi connectivity index (χ4n) is 11.1. The number of carbonyl (C=O) groups is 2. The number of amides is 1. The van der Waals surface area contributed by atoms with E-state index in [0.717, 1.165) is 50.3 Å². The molecule has 252 valence electrons. The van der Waals surface area contributed by atoms with Crippen molar-refractivity contribution in [2.75, 3.05) is 25.5 Å². The monoisotopic (exact) mass is 642 g/mol. The summed E-state index contributed by atoms with van der Waals surface area (Å²) in [6.07, 6.45) is 7.07. The summed E-state index contributed by atoms with van der Waals surface area (Å²) < 4.78 is 18.7. The number of rotatable bonds is 7. The van der Waals surface area contributed by atoms with Crippen molar-refractivity contribution < 1.29 is 28.9 Å². The quantitative estimate of drug-likeness (QED) is 0.310. The lowest BCUT2D eigenvalue weighted by Gasteiger charge is -2.75. The van der Waals surface area contributed by atoms with E-state index in [9.17, 15) is 14.7 Å². The van der Waals surface area contributed by atoms with Crippen LogP contribution in [0.15, 0.2) is 30.3 Å². The molecule has 1 amide bonds. The predicted octanol–water partition coefficient (Wildman–Crippen LogP) is 7.15. The lowest BCUT2D eigenvalue weighted by Crippen LogP contribution is -2.80. The molecule has 7 atom stereocenters. The first-order chi connectivity index (χ1) is 22.2. The molecule has 7 aliphatic rings. The van der Waals surface area contributed by atoms with E-state index in [2.05, 4.69) is 50.9 Å². The average Bonchev–Trinajstić information content (AvgIpc) is 3.75. The van der Waals surface area contributed by atoms with Gasteiger partial charge in [0.1, 0.15) is 11.9 Å². The fraction of sp³-hybridized carbons (Fsp3) is 0.641. The second-order valence-corrected chi connectivity index (χ2v) is 17.1.